The van der Waals surface area contributed by atoms with Gasteiger partial charge in [0.1, 0.15) is 0 Å². The molecule has 0 bridgehead atoms. The summed E-state index contributed by atoms with van der Waals surface area (Å²) in [5.74, 6) is 0. The van der Waals surface area contributed by atoms with Gasteiger partial charge in [0.05, 0.1) is 4.90 Å². The van der Waals surface area contributed by atoms with Gasteiger partial charge in [-0.05, 0) is 24.3 Å². The molecule has 1 aromatic rings. The van der Waals surface area contributed by atoms with Crippen molar-refractivity contribution in [3.05, 3.63) is 24.3 Å². The second-order valence-corrected chi connectivity index (χ2v) is 3.68. The monoisotopic (exact) mass is 279 g/mol. The van der Waals surface area contributed by atoms with E-state index in [9.17, 15) is 8.42 Å². The van der Waals surface area contributed by atoms with Crippen molar-refractivity contribution in [3.8, 4) is 0 Å². The molecule has 4 N–H and O–H groups in total. The van der Waals surface area contributed by atoms with E-state index in [-0.39, 0.29) is 27.3 Å². The predicted molar refractivity (Wildman–Crippen MR) is 42.2 cm³/mol. The second kappa shape index (κ2) is 4.06. The first-order chi connectivity index (χ1) is 5.00. The summed E-state index contributed by atoms with van der Waals surface area (Å²) in [6, 6.07) is 5.70. The van der Waals surface area contributed by atoms with E-state index in [1.165, 1.54) is 24.3 Å². The van der Waals surface area contributed by atoms with Crippen LogP contribution in [-0.4, -0.2) is 8.42 Å². The molecule has 70 valence electrons. The molecule has 0 saturated heterocycles. The van der Waals surface area contributed by atoms with E-state index in [4.69, 9.17) is 10.9 Å². The van der Waals surface area contributed by atoms with E-state index in [0.717, 1.165) is 0 Å². The first-order valence-electron chi connectivity index (χ1n) is 2.88. The van der Waals surface area contributed by atoms with Gasteiger partial charge in [-0.3, -0.25) is 0 Å². The van der Waals surface area contributed by atoms with Gasteiger partial charge in [0.15, 0.2) is 0 Å². The van der Waals surface area contributed by atoms with E-state index >= 15 is 0 Å². The molecule has 12 heavy (non-hydrogen) atoms. The molecule has 4 nitrogen and oxygen atoms in total. The summed E-state index contributed by atoms with van der Waals surface area (Å²) >= 11 is 0. The summed E-state index contributed by atoms with van der Waals surface area (Å²) in [5.41, 5.74) is 5.85. The van der Waals surface area contributed by atoms with Gasteiger partial charge in [0, 0.05) is 5.69 Å². The molecule has 0 aromatic heterocycles. The summed E-state index contributed by atoms with van der Waals surface area (Å²) in [6.07, 6.45) is 0. The molecule has 0 spiro atoms. The molecule has 0 unspecified atom stereocenters. The second-order valence-electron chi connectivity index (χ2n) is 2.11. The summed E-state index contributed by atoms with van der Waals surface area (Å²) in [5, 5.41) is 4.84. The fourth-order valence-corrected chi connectivity index (χ4v) is 1.17. The van der Waals surface area contributed by atoms with Crippen LogP contribution in [0.2, 0.25) is 0 Å². The normalized spacial score (nSPS) is 10.4. The minimum atomic E-state index is -3.58. The van der Waals surface area contributed by atoms with E-state index < -0.39 is 10.0 Å². The summed E-state index contributed by atoms with van der Waals surface area (Å²) in [7, 11) is -3.58. The van der Waals surface area contributed by atoms with E-state index in [1.807, 2.05) is 0 Å². The molecule has 0 heterocycles. The van der Waals surface area contributed by atoms with E-state index in [0.29, 0.717) is 5.69 Å². The maximum absolute atomic E-state index is 10.7. The Labute approximate surface area is 86.5 Å². The molecule has 0 aliphatic carbocycles. The van der Waals surface area contributed by atoms with Crippen LogP contribution in [-0.2, 0) is 32.4 Å². The van der Waals surface area contributed by atoms with Crippen LogP contribution < -0.4 is 10.9 Å². The largest absolute Gasteiger partial charge is 1.00 e. The average molecular weight is 280 g/mol. The van der Waals surface area contributed by atoms with Crippen molar-refractivity contribution in [2.45, 2.75) is 4.90 Å². The van der Waals surface area contributed by atoms with Crippen molar-refractivity contribution in [1.82, 2.24) is 0 Å². The quantitative estimate of drug-likeness (QED) is 0.557. The minimum absolute atomic E-state index is 0. The van der Waals surface area contributed by atoms with Gasteiger partial charge in [-0.1, -0.05) is 0 Å². The molecule has 1 rings (SSSR count). The maximum Gasteiger partial charge on any atom is 1.00 e. The minimum Gasteiger partial charge on any atom is -0.399 e. The van der Waals surface area contributed by atoms with Gasteiger partial charge in [0.25, 0.3) is 0 Å². The van der Waals surface area contributed by atoms with Crippen molar-refractivity contribution in [1.29, 1.82) is 0 Å². The molecule has 0 atom stereocenters. The fraction of sp³-hybridized carbons (Fsp3) is 0. The number of nitrogens with two attached hydrogens (primary N) is 2. The molecule has 1 aromatic carbocycles. The fourth-order valence-electron chi connectivity index (χ4n) is 0.658. The number of primary sulfonamides is 1. The molecule has 6 heteroatoms. The van der Waals surface area contributed by atoms with Crippen molar-refractivity contribution >= 4 is 15.7 Å². The number of sulfonamides is 1. The molecule has 0 fully saturated rings. The Morgan fingerprint density at radius 3 is 1.83 bits per heavy atom. The van der Waals surface area contributed by atoms with Crippen LogP contribution in [0.25, 0.3) is 0 Å². The molecule has 0 amide bonds. The van der Waals surface area contributed by atoms with Crippen LogP contribution in [0.15, 0.2) is 29.2 Å². The third-order valence-electron chi connectivity index (χ3n) is 1.21. The van der Waals surface area contributed by atoms with Crippen LogP contribution in [0.5, 0.6) is 0 Å². The first-order valence-corrected chi connectivity index (χ1v) is 4.43. The Morgan fingerprint density at radius 2 is 1.50 bits per heavy atom. The third kappa shape index (κ3) is 2.96. The number of rotatable bonds is 1. The molecule has 0 aliphatic heterocycles. The van der Waals surface area contributed by atoms with E-state index in [1.54, 1.807) is 0 Å². The van der Waals surface area contributed by atoms with Crippen molar-refractivity contribution < 1.29 is 30.8 Å². The molecule has 0 aliphatic rings. The van der Waals surface area contributed by atoms with Crippen LogP contribution in [0.3, 0.4) is 0 Å². The first kappa shape index (κ1) is 11.7. The van der Waals surface area contributed by atoms with Crippen molar-refractivity contribution in [2.24, 2.45) is 5.14 Å². The summed E-state index contributed by atoms with van der Waals surface area (Å²) in [6.45, 7) is 0. The maximum atomic E-state index is 10.7. The number of nitrogen functional groups attached to an aromatic ring is 1. The van der Waals surface area contributed by atoms with Gasteiger partial charge in [-0.2, -0.15) is 0 Å². The van der Waals surface area contributed by atoms with Crippen LogP contribution in [0.4, 0.5) is 5.69 Å². The summed E-state index contributed by atoms with van der Waals surface area (Å²) in [4.78, 5) is 0.0756. The zero-order chi connectivity index (χ0) is 8.48. The number of anilines is 1. The van der Waals surface area contributed by atoms with Crippen molar-refractivity contribution in [3.63, 3.8) is 0 Å². The van der Waals surface area contributed by atoms with Gasteiger partial charge in [-0.15, -0.1) is 0 Å². The number of benzene rings is 1. The van der Waals surface area contributed by atoms with Gasteiger partial charge in [0.2, 0.25) is 10.0 Å². The van der Waals surface area contributed by atoms with Gasteiger partial charge in [-0.25, -0.2) is 13.6 Å². The third-order valence-corrected chi connectivity index (χ3v) is 2.14. The molecular weight excluding hydrogens is 272 g/mol. The number of hydrogen-bond donors (Lipinski definition) is 2. The molecule has 0 radical (unpaired) electrons. The Hall–Kier alpha value is -0.330. The van der Waals surface area contributed by atoms with Crippen LogP contribution in [0, 0.1) is 0 Å². The van der Waals surface area contributed by atoms with E-state index in [2.05, 4.69) is 0 Å². The number of hydrogen-bond acceptors (Lipinski definition) is 3. The Bertz CT molecular complexity index is 346. The predicted octanol–water partition coefficient (Wildman–Crippen LogP) is -0.0863. The molecule has 0 saturated carbocycles. The smallest absolute Gasteiger partial charge is 0.399 e. The SMILES string of the molecule is Nc1ccc(S(N)(=O)=O)cc1.[Ag+]. The molecular formula is C6H8AgN2O2S+. The Balaban J connectivity index is 0.00000121. The Kier molecular flexibility index (Phi) is 3.95. The zero-order valence-corrected chi connectivity index (χ0v) is 8.29. The van der Waals surface area contributed by atoms with Crippen molar-refractivity contribution in [2.75, 3.05) is 5.73 Å². The average Bonchev–Trinajstić information content (AvgIpc) is 1.86. The standard InChI is InChI=1S/C6H8N2O2S.Ag/c7-5-1-3-6(4-2-5)11(8,9)10;/h1-4H,7H2,(H2,8,9,10);/q;+1. The van der Waals surface area contributed by atoms with Crippen LogP contribution in [0.1, 0.15) is 0 Å². The topological polar surface area (TPSA) is 86.2 Å². The summed E-state index contributed by atoms with van der Waals surface area (Å²) < 4.78 is 21.4. The van der Waals surface area contributed by atoms with Gasteiger partial charge < -0.3 is 5.73 Å². The zero-order valence-electron chi connectivity index (χ0n) is 5.99. The van der Waals surface area contributed by atoms with Gasteiger partial charge >= 0.3 is 22.4 Å². The Morgan fingerprint density at radius 1 is 1.08 bits per heavy atom. The van der Waals surface area contributed by atoms with Crippen LogP contribution >= 0.6 is 0 Å².